The van der Waals surface area contributed by atoms with Crippen molar-refractivity contribution in [3.05, 3.63) is 64.7 Å². The topological polar surface area (TPSA) is 117 Å². The zero-order valence-corrected chi connectivity index (χ0v) is 14.8. The van der Waals surface area contributed by atoms with Crippen molar-refractivity contribution in [1.82, 2.24) is 10.7 Å². The van der Waals surface area contributed by atoms with E-state index in [9.17, 15) is 14.4 Å². The van der Waals surface area contributed by atoms with Crippen molar-refractivity contribution < 1.29 is 24.2 Å². The zero-order chi connectivity index (χ0) is 19.6. The number of carboxylic acid groups (broad SMARTS) is 1. The van der Waals surface area contributed by atoms with Gasteiger partial charge in [-0.15, -0.1) is 0 Å². The molecule has 0 unspecified atom stereocenters. The number of rotatable bonds is 8. The van der Waals surface area contributed by atoms with Gasteiger partial charge in [-0.05, 0) is 24.3 Å². The molecule has 0 fully saturated rings. The van der Waals surface area contributed by atoms with Gasteiger partial charge in [0.05, 0.1) is 23.3 Å². The van der Waals surface area contributed by atoms with E-state index in [1.807, 2.05) is 0 Å². The SMILES string of the molecule is O=C(O)COc1ccccc1C=NNC(=O)CNC(=O)c1ccccc1Cl. The van der Waals surface area contributed by atoms with Crippen LogP contribution in [-0.2, 0) is 9.59 Å². The Labute approximate surface area is 159 Å². The second-order valence-corrected chi connectivity index (χ2v) is 5.58. The Morgan fingerprint density at radius 3 is 2.56 bits per heavy atom. The molecule has 2 aromatic carbocycles. The molecule has 0 saturated heterocycles. The minimum atomic E-state index is -1.11. The predicted octanol–water partition coefficient (Wildman–Crippen LogP) is 1.68. The number of para-hydroxylation sites is 1. The van der Waals surface area contributed by atoms with Crippen LogP contribution in [0.2, 0.25) is 5.02 Å². The van der Waals surface area contributed by atoms with E-state index in [0.717, 1.165) is 0 Å². The van der Waals surface area contributed by atoms with Gasteiger partial charge >= 0.3 is 5.97 Å². The Balaban J connectivity index is 1.86. The molecule has 0 aliphatic carbocycles. The molecular weight excluding hydrogens is 374 g/mol. The van der Waals surface area contributed by atoms with Gasteiger partial charge in [-0.25, -0.2) is 10.2 Å². The van der Waals surface area contributed by atoms with E-state index in [2.05, 4.69) is 15.8 Å². The molecule has 0 atom stereocenters. The maximum absolute atomic E-state index is 12.0. The van der Waals surface area contributed by atoms with Crippen molar-refractivity contribution in [2.24, 2.45) is 5.10 Å². The fourth-order valence-electron chi connectivity index (χ4n) is 1.97. The molecule has 0 aromatic heterocycles. The molecule has 0 radical (unpaired) electrons. The van der Waals surface area contributed by atoms with Gasteiger partial charge in [0.1, 0.15) is 5.75 Å². The summed E-state index contributed by atoms with van der Waals surface area (Å²) in [6.07, 6.45) is 1.31. The lowest BCUT2D eigenvalue weighted by Gasteiger charge is -2.07. The number of carbonyl (C=O) groups is 3. The molecule has 0 bridgehead atoms. The number of carbonyl (C=O) groups excluding carboxylic acids is 2. The smallest absolute Gasteiger partial charge is 0.341 e. The largest absolute Gasteiger partial charge is 0.481 e. The van der Waals surface area contributed by atoms with Crippen molar-refractivity contribution in [2.45, 2.75) is 0 Å². The van der Waals surface area contributed by atoms with Gasteiger partial charge in [0.25, 0.3) is 11.8 Å². The fraction of sp³-hybridized carbons (Fsp3) is 0.111. The summed E-state index contributed by atoms with van der Waals surface area (Å²) in [4.78, 5) is 34.3. The number of carboxylic acids is 1. The molecule has 140 valence electrons. The molecule has 2 amide bonds. The first-order valence-corrected chi connectivity index (χ1v) is 8.13. The summed E-state index contributed by atoms with van der Waals surface area (Å²) in [7, 11) is 0. The standard InChI is InChI=1S/C18H16ClN3O5/c19-14-7-3-2-6-13(14)18(26)20-10-16(23)22-21-9-12-5-1-4-8-15(12)27-11-17(24)25/h1-9H,10-11H2,(H,20,26)(H,22,23)(H,24,25). The summed E-state index contributed by atoms with van der Waals surface area (Å²) in [5.41, 5.74) is 3.00. The number of nitrogens with one attached hydrogen (secondary N) is 2. The summed E-state index contributed by atoms with van der Waals surface area (Å²) in [5.74, 6) is -1.82. The van der Waals surface area contributed by atoms with Gasteiger partial charge in [0.2, 0.25) is 0 Å². The number of benzene rings is 2. The third kappa shape index (κ3) is 6.44. The fourth-order valence-corrected chi connectivity index (χ4v) is 2.19. The quantitative estimate of drug-likeness (QED) is 0.469. The first-order chi connectivity index (χ1) is 13.0. The average molecular weight is 390 g/mol. The van der Waals surface area contributed by atoms with Crippen molar-refractivity contribution in [3.8, 4) is 5.75 Å². The summed E-state index contributed by atoms with van der Waals surface area (Å²) in [5, 5.41) is 15.1. The highest BCUT2D eigenvalue weighted by Gasteiger charge is 2.10. The van der Waals surface area contributed by atoms with Crippen LogP contribution in [0.15, 0.2) is 53.6 Å². The Kier molecular flexibility index (Phi) is 7.33. The highest BCUT2D eigenvalue weighted by Crippen LogP contribution is 2.15. The predicted molar refractivity (Wildman–Crippen MR) is 99.1 cm³/mol. The normalized spacial score (nSPS) is 10.4. The second kappa shape index (κ2) is 9.93. The number of nitrogens with zero attached hydrogens (tertiary/aromatic N) is 1. The summed E-state index contributed by atoms with van der Waals surface area (Å²) in [6, 6.07) is 13.1. The number of halogens is 1. The van der Waals surface area contributed by atoms with E-state index < -0.39 is 24.4 Å². The Hall–Kier alpha value is -3.39. The van der Waals surface area contributed by atoms with Gasteiger partial charge in [-0.2, -0.15) is 5.10 Å². The Morgan fingerprint density at radius 1 is 1.11 bits per heavy atom. The molecule has 0 aliphatic heterocycles. The monoisotopic (exact) mass is 389 g/mol. The van der Waals surface area contributed by atoms with Crippen LogP contribution in [0.3, 0.4) is 0 Å². The molecule has 27 heavy (non-hydrogen) atoms. The third-order valence-corrected chi connectivity index (χ3v) is 3.52. The van der Waals surface area contributed by atoms with Crippen LogP contribution in [-0.4, -0.2) is 42.3 Å². The Morgan fingerprint density at radius 2 is 1.81 bits per heavy atom. The van der Waals surface area contributed by atoms with Crippen molar-refractivity contribution >= 4 is 35.6 Å². The molecule has 3 N–H and O–H groups in total. The third-order valence-electron chi connectivity index (χ3n) is 3.19. The zero-order valence-electron chi connectivity index (χ0n) is 14.0. The van der Waals surface area contributed by atoms with Gasteiger partial charge in [0.15, 0.2) is 6.61 Å². The molecule has 0 heterocycles. The number of hydrogen-bond acceptors (Lipinski definition) is 5. The van der Waals surface area contributed by atoms with Crippen LogP contribution in [0.1, 0.15) is 15.9 Å². The van der Waals surface area contributed by atoms with E-state index in [1.54, 1.807) is 48.5 Å². The number of aliphatic carboxylic acids is 1. The van der Waals surface area contributed by atoms with Crippen LogP contribution in [0, 0.1) is 0 Å². The molecule has 8 nitrogen and oxygen atoms in total. The van der Waals surface area contributed by atoms with Crippen LogP contribution in [0.4, 0.5) is 0 Å². The lowest BCUT2D eigenvalue weighted by atomic mass is 10.2. The summed E-state index contributed by atoms with van der Waals surface area (Å²) in [6.45, 7) is -0.788. The molecule has 9 heteroatoms. The van der Waals surface area contributed by atoms with Crippen LogP contribution in [0.25, 0.3) is 0 Å². The lowest BCUT2D eigenvalue weighted by Crippen LogP contribution is -2.35. The Bertz CT molecular complexity index is 870. The highest BCUT2D eigenvalue weighted by atomic mass is 35.5. The molecule has 2 rings (SSSR count). The van der Waals surface area contributed by atoms with Crippen LogP contribution < -0.4 is 15.5 Å². The molecule has 0 spiro atoms. The van der Waals surface area contributed by atoms with E-state index >= 15 is 0 Å². The first-order valence-electron chi connectivity index (χ1n) is 7.75. The summed E-state index contributed by atoms with van der Waals surface area (Å²) < 4.78 is 5.12. The number of ether oxygens (including phenoxy) is 1. The maximum Gasteiger partial charge on any atom is 0.341 e. The summed E-state index contributed by atoms with van der Waals surface area (Å²) >= 11 is 5.91. The first kappa shape index (κ1) is 19.9. The molecule has 0 aliphatic rings. The van der Waals surface area contributed by atoms with E-state index in [1.165, 1.54) is 6.21 Å². The number of amides is 2. The second-order valence-electron chi connectivity index (χ2n) is 5.18. The van der Waals surface area contributed by atoms with Gasteiger partial charge in [-0.1, -0.05) is 35.9 Å². The molecule has 0 saturated carbocycles. The van der Waals surface area contributed by atoms with Crippen molar-refractivity contribution in [3.63, 3.8) is 0 Å². The van der Waals surface area contributed by atoms with Gasteiger partial charge < -0.3 is 15.2 Å². The van der Waals surface area contributed by atoms with E-state index in [0.29, 0.717) is 11.3 Å². The average Bonchev–Trinajstić information content (AvgIpc) is 2.65. The molecular formula is C18H16ClN3O5. The minimum Gasteiger partial charge on any atom is -0.481 e. The van der Waals surface area contributed by atoms with Crippen LogP contribution in [0.5, 0.6) is 5.75 Å². The minimum absolute atomic E-state index is 0.264. The highest BCUT2D eigenvalue weighted by molar-refractivity contribution is 6.33. The lowest BCUT2D eigenvalue weighted by molar-refractivity contribution is -0.139. The molecule has 2 aromatic rings. The van der Waals surface area contributed by atoms with Crippen LogP contribution >= 0.6 is 11.6 Å². The van der Waals surface area contributed by atoms with Gasteiger partial charge in [0, 0.05) is 5.56 Å². The number of hydrazone groups is 1. The van der Waals surface area contributed by atoms with Crippen molar-refractivity contribution in [2.75, 3.05) is 13.2 Å². The number of hydrogen-bond donors (Lipinski definition) is 3. The maximum atomic E-state index is 12.0. The van der Waals surface area contributed by atoms with Gasteiger partial charge in [-0.3, -0.25) is 9.59 Å². The van der Waals surface area contributed by atoms with E-state index in [-0.39, 0.29) is 17.1 Å². The van der Waals surface area contributed by atoms with Crippen molar-refractivity contribution in [1.29, 1.82) is 0 Å². The van der Waals surface area contributed by atoms with E-state index in [4.69, 9.17) is 21.4 Å².